The fraction of sp³-hybridized carbons (Fsp3) is 0.750. The second kappa shape index (κ2) is 8.78. The summed E-state index contributed by atoms with van der Waals surface area (Å²) in [5.74, 6) is 0.716. The molecule has 0 aliphatic heterocycles. The number of aromatic nitrogens is 2. The van der Waals surface area contributed by atoms with Crippen molar-refractivity contribution in [3.8, 4) is 0 Å². The van der Waals surface area contributed by atoms with Crippen LogP contribution in [0.5, 0.6) is 0 Å². The van der Waals surface area contributed by atoms with Gasteiger partial charge in [0.15, 0.2) is 0 Å². The minimum Gasteiger partial charge on any atom is -0.378 e. The lowest BCUT2D eigenvalue weighted by molar-refractivity contribution is 0.0276. The molecule has 1 aromatic heterocycles. The number of carbonyl (C=O) groups excluding carboxylic acids is 1. The standard InChI is InChI=1S/C16H28N4O2/c1-3-13-12-15(20(2)19-13)18-16(21)17-10-7-11-22-14-8-5-4-6-9-14/h12,14H,3-11H2,1-2H3,(H2,17,18,21). The number of rotatable bonds is 7. The molecular weight excluding hydrogens is 280 g/mol. The molecule has 6 nitrogen and oxygen atoms in total. The molecule has 22 heavy (non-hydrogen) atoms. The molecular formula is C16H28N4O2. The Morgan fingerprint density at radius 2 is 2.18 bits per heavy atom. The number of amides is 2. The molecule has 0 spiro atoms. The number of carbonyl (C=O) groups is 1. The molecule has 0 bridgehead atoms. The summed E-state index contributed by atoms with van der Waals surface area (Å²) in [7, 11) is 1.83. The van der Waals surface area contributed by atoms with Crippen LogP contribution in [0.3, 0.4) is 0 Å². The van der Waals surface area contributed by atoms with E-state index in [9.17, 15) is 4.79 Å². The van der Waals surface area contributed by atoms with E-state index < -0.39 is 0 Å². The highest BCUT2D eigenvalue weighted by atomic mass is 16.5. The van der Waals surface area contributed by atoms with Crippen molar-refractivity contribution in [3.05, 3.63) is 11.8 Å². The topological polar surface area (TPSA) is 68.2 Å². The fourth-order valence-corrected chi connectivity index (χ4v) is 2.73. The third kappa shape index (κ3) is 5.33. The van der Waals surface area contributed by atoms with Crippen LogP contribution in [0.4, 0.5) is 10.6 Å². The van der Waals surface area contributed by atoms with Crippen molar-refractivity contribution < 1.29 is 9.53 Å². The van der Waals surface area contributed by atoms with Gasteiger partial charge in [0.1, 0.15) is 5.82 Å². The van der Waals surface area contributed by atoms with E-state index in [2.05, 4.69) is 15.7 Å². The maximum atomic E-state index is 11.8. The molecule has 0 atom stereocenters. The van der Waals surface area contributed by atoms with E-state index in [-0.39, 0.29) is 6.03 Å². The average Bonchev–Trinajstić information content (AvgIpc) is 2.88. The summed E-state index contributed by atoms with van der Waals surface area (Å²) >= 11 is 0. The van der Waals surface area contributed by atoms with E-state index in [1.807, 2.05) is 20.0 Å². The molecule has 124 valence electrons. The summed E-state index contributed by atoms with van der Waals surface area (Å²) < 4.78 is 7.52. The third-order valence-electron chi connectivity index (χ3n) is 4.05. The number of ether oxygens (including phenoxy) is 1. The van der Waals surface area contributed by atoms with Crippen LogP contribution < -0.4 is 10.6 Å². The summed E-state index contributed by atoms with van der Waals surface area (Å²) in [6.45, 7) is 3.38. The maximum Gasteiger partial charge on any atom is 0.320 e. The van der Waals surface area contributed by atoms with Gasteiger partial charge in [-0.1, -0.05) is 26.2 Å². The zero-order valence-electron chi connectivity index (χ0n) is 13.7. The van der Waals surface area contributed by atoms with E-state index in [1.165, 1.54) is 32.1 Å². The largest absolute Gasteiger partial charge is 0.378 e. The van der Waals surface area contributed by atoms with Gasteiger partial charge in [0, 0.05) is 26.3 Å². The van der Waals surface area contributed by atoms with Gasteiger partial charge in [0.2, 0.25) is 0 Å². The van der Waals surface area contributed by atoms with Gasteiger partial charge in [-0.15, -0.1) is 0 Å². The number of hydrogen-bond acceptors (Lipinski definition) is 3. The quantitative estimate of drug-likeness (QED) is 0.761. The second-order valence-electron chi connectivity index (χ2n) is 5.86. The molecule has 1 aliphatic carbocycles. The second-order valence-corrected chi connectivity index (χ2v) is 5.86. The molecule has 1 aromatic rings. The summed E-state index contributed by atoms with van der Waals surface area (Å²) in [6, 6.07) is 1.70. The molecule has 0 aromatic carbocycles. The molecule has 0 unspecified atom stereocenters. The Bertz CT molecular complexity index is 467. The lowest BCUT2D eigenvalue weighted by Gasteiger charge is -2.21. The van der Waals surface area contributed by atoms with Crippen LogP contribution in [0.1, 0.15) is 51.1 Å². The Morgan fingerprint density at radius 3 is 2.86 bits per heavy atom. The van der Waals surface area contributed by atoms with Crippen LogP contribution >= 0.6 is 0 Å². The summed E-state index contributed by atoms with van der Waals surface area (Å²) in [6.07, 6.45) is 8.43. The monoisotopic (exact) mass is 308 g/mol. The maximum absolute atomic E-state index is 11.8. The van der Waals surface area contributed by atoms with Crippen LogP contribution in [-0.2, 0) is 18.2 Å². The van der Waals surface area contributed by atoms with Gasteiger partial charge in [0.25, 0.3) is 0 Å². The van der Waals surface area contributed by atoms with Crippen molar-refractivity contribution in [2.75, 3.05) is 18.5 Å². The molecule has 1 saturated carbocycles. The molecule has 0 radical (unpaired) electrons. The Balaban J connectivity index is 1.58. The molecule has 2 N–H and O–H groups in total. The fourth-order valence-electron chi connectivity index (χ4n) is 2.73. The van der Waals surface area contributed by atoms with Gasteiger partial charge in [0.05, 0.1) is 11.8 Å². The number of nitrogens with one attached hydrogen (secondary N) is 2. The highest BCUT2D eigenvalue weighted by molar-refractivity contribution is 5.88. The van der Waals surface area contributed by atoms with Gasteiger partial charge in [-0.3, -0.25) is 10.00 Å². The minimum atomic E-state index is -0.191. The van der Waals surface area contributed by atoms with Crippen molar-refractivity contribution in [2.24, 2.45) is 7.05 Å². The highest BCUT2D eigenvalue weighted by Gasteiger charge is 2.13. The Labute approximate surface area is 132 Å². The van der Waals surface area contributed by atoms with Crippen molar-refractivity contribution >= 4 is 11.8 Å². The van der Waals surface area contributed by atoms with E-state index in [1.54, 1.807) is 4.68 Å². The summed E-state index contributed by atoms with van der Waals surface area (Å²) in [5.41, 5.74) is 0.971. The first-order valence-electron chi connectivity index (χ1n) is 8.38. The van der Waals surface area contributed by atoms with Crippen LogP contribution in [0, 0.1) is 0 Å². The molecule has 1 heterocycles. The predicted molar refractivity (Wildman–Crippen MR) is 87.0 cm³/mol. The molecule has 2 amide bonds. The molecule has 2 rings (SSSR count). The van der Waals surface area contributed by atoms with E-state index in [4.69, 9.17) is 4.74 Å². The van der Waals surface area contributed by atoms with Gasteiger partial charge in [-0.25, -0.2) is 4.79 Å². The van der Waals surface area contributed by atoms with Gasteiger partial charge in [-0.2, -0.15) is 5.10 Å². The minimum absolute atomic E-state index is 0.191. The van der Waals surface area contributed by atoms with Gasteiger partial charge in [-0.05, 0) is 25.7 Å². The van der Waals surface area contributed by atoms with Crippen LogP contribution in [0.25, 0.3) is 0 Å². The lowest BCUT2D eigenvalue weighted by atomic mass is 9.98. The number of nitrogens with zero attached hydrogens (tertiary/aromatic N) is 2. The Kier molecular flexibility index (Phi) is 6.71. The van der Waals surface area contributed by atoms with E-state index in [0.717, 1.165) is 25.1 Å². The Morgan fingerprint density at radius 1 is 1.41 bits per heavy atom. The smallest absolute Gasteiger partial charge is 0.320 e. The molecule has 1 aliphatic rings. The van der Waals surface area contributed by atoms with Crippen molar-refractivity contribution in [3.63, 3.8) is 0 Å². The third-order valence-corrected chi connectivity index (χ3v) is 4.05. The van der Waals surface area contributed by atoms with E-state index >= 15 is 0 Å². The SMILES string of the molecule is CCc1cc(NC(=O)NCCCOC2CCCCC2)n(C)n1. The summed E-state index contributed by atoms with van der Waals surface area (Å²) in [5, 5.41) is 9.96. The number of aryl methyl sites for hydroxylation is 2. The van der Waals surface area contributed by atoms with Crippen LogP contribution in [0.2, 0.25) is 0 Å². The van der Waals surface area contributed by atoms with Crippen LogP contribution in [-0.4, -0.2) is 35.1 Å². The average molecular weight is 308 g/mol. The Hall–Kier alpha value is -1.56. The molecule has 6 heteroatoms. The number of hydrogen-bond donors (Lipinski definition) is 2. The molecule has 1 fully saturated rings. The normalized spacial score (nSPS) is 15.7. The van der Waals surface area contributed by atoms with Crippen molar-refractivity contribution in [1.82, 2.24) is 15.1 Å². The number of anilines is 1. The van der Waals surface area contributed by atoms with Crippen LogP contribution in [0.15, 0.2) is 6.07 Å². The predicted octanol–water partition coefficient (Wildman–Crippen LogP) is 2.84. The van der Waals surface area contributed by atoms with Crippen molar-refractivity contribution in [2.45, 2.75) is 58.0 Å². The number of urea groups is 1. The first-order chi connectivity index (χ1) is 10.7. The first-order valence-corrected chi connectivity index (χ1v) is 8.38. The first kappa shape index (κ1) is 16.8. The molecule has 0 saturated heterocycles. The lowest BCUT2D eigenvalue weighted by Crippen LogP contribution is -2.31. The van der Waals surface area contributed by atoms with Gasteiger partial charge >= 0.3 is 6.03 Å². The van der Waals surface area contributed by atoms with Gasteiger partial charge < -0.3 is 10.1 Å². The van der Waals surface area contributed by atoms with Crippen molar-refractivity contribution in [1.29, 1.82) is 0 Å². The highest BCUT2D eigenvalue weighted by Crippen LogP contribution is 2.20. The zero-order chi connectivity index (χ0) is 15.8. The van der Waals surface area contributed by atoms with E-state index in [0.29, 0.717) is 18.5 Å². The summed E-state index contributed by atoms with van der Waals surface area (Å²) in [4.78, 5) is 11.8. The zero-order valence-corrected chi connectivity index (χ0v) is 13.7.